The SMILES string of the molecule is Cc1cc(C)cc(N(C)S(=O)(=O)CCCCCl)c1. The van der Waals surface area contributed by atoms with Crippen LogP contribution in [0.4, 0.5) is 5.69 Å². The highest BCUT2D eigenvalue weighted by atomic mass is 35.5. The summed E-state index contributed by atoms with van der Waals surface area (Å²) in [5.74, 6) is 0.645. The smallest absolute Gasteiger partial charge is 0.234 e. The van der Waals surface area contributed by atoms with Crippen molar-refractivity contribution in [2.45, 2.75) is 26.7 Å². The Labute approximate surface area is 115 Å². The topological polar surface area (TPSA) is 37.4 Å². The third kappa shape index (κ3) is 4.18. The van der Waals surface area contributed by atoms with Crippen molar-refractivity contribution < 1.29 is 8.42 Å². The first-order valence-electron chi connectivity index (χ1n) is 5.97. The molecule has 0 bridgehead atoms. The summed E-state index contributed by atoms with van der Waals surface area (Å²) in [6, 6.07) is 5.79. The Morgan fingerprint density at radius 2 is 1.67 bits per heavy atom. The highest BCUT2D eigenvalue weighted by molar-refractivity contribution is 7.92. The second-order valence-corrected chi connectivity index (χ2v) is 7.02. The zero-order valence-electron chi connectivity index (χ0n) is 11.1. The predicted octanol–water partition coefficient (Wildman–Crippen LogP) is 3.09. The number of sulfonamides is 1. The van der Waals surface area contributed by atoms with Crippen molar-refractivity contribution in [1.29, 1.82) is 0 Å². The van der Waals surface area contributed by atoms with E-state index in [-0.39, 0.29) is 5.75 Å². The summed E-state index contributed by atoms with van der Waals surface area (Å²) < 4.78 is 25.6. The number of nitrogens with zero attached hydrogens (tertiary/aromatic N) is 1. The van der Waals surface area contributed by atoms with Gasteiger partial charge < -0.3 is 0 Å². The van der Waals surface area contributed by atoms with Crippen molar-refractivity contribution in [1.82, 2.24) is 0 Å². The summed E-state index contributed by atoms with van der Waals surface area (Å²) in [5, 5.41) is 0. The Kier molecular flexibility index (Phi) is 5.47. The number of halogens is 1. The van der Waals surface area contributed by atoms with E-state index in [4.69, 9.17) is 11.6 Å². The molecular formula is C13H20ClNO2S. The molecule has 1 rings (SSSR count). The van der Waals surface area contributed by atoms with Crippen LogP contribution in [0.1, 0.15) is 24.0 Å². The molecule has 1 aromatic carbocycles. The fraction of sp³-hybridized carbons (Fsp3) is 0.538. The Bertz CT molecular complexity index is 479. The molecule has 0 N–H and O–H groups in total. The summed E-state index contributed by atoms with van der Waals surface area (Å²) in [6.07, 6.45) is 1.32. The van der Waals surface area contributed by atoms with Crippen LogP contribution in [0.2, 0.25) is 0 Å². The lowest BCUT2D eigenvalue weighted by molar-refractivity contribution is 0.591. The summed E-state index contributed by atoms with van der Waals surface area (Å²) in [6.45, 7) is 3.93. The van der Waals surface area contributed by atoms with E-state index >= 15 is 0 Å². The first kappa shape index (κ1) is 15.3. The van der Waals surface area contributed by atoms with Crippen LogP contribution in [0.25, 0.3) is 0 Å². The monoisotopic (exact) mass is 289 g/mol. The molecule has 0 aliphatic heterocycles. The molecule has 0 unspecified atom stereocenters. The Morgan fingerprint density at radius 3 is 2.17 bits per heavy atom. The van der Waals surface area contributed by atoms with Crippen molar-refractivity contribution in [3.8, 4) is 0 Å². The van der Waals surface area contributed by atoms with Gasteiger partial charge >= 0.3 is 0 Å². The molecular weight excluding hydrogens is 270 g/mol. The fourth-order valence-electron chi connectivity index (χ4n) is 1.81. The molecule has 0 amide bonds. The number of benzene rings is 1. The zero-order valence-corrected chi connectivity index (χ0v) is 12.7. The van der Waals surface area contributed by atoms with E-state index < -0.39 is 10.0 Å². The van der Waals surface area contributed by atoms with Gasteiger partial charge in [-0.3, -0.25) is 4.31 Å². The van der Waals surface area contributed by atoms with Crippen LogP contribution in [0.15, 0.2) is 18.2 Å². The van der Waals surface area contributed by atoms with E-state index in [1.54, 1.807) is 7.05 Å². The van der Waals surface area contributed by atoms with Crippen molar-refractivity contribution in [2.24, 2.45) is 0 Å². The highest BCUT2D eigenvalue weighted by Crippen LogP contribution is 2.20. The highest BCUT2D eigenvalue weighted by Gasteiger charge is 2.18. The lowest BCUT2D eigenvalue weighted by Crippen LogP contribution is -2.29. The molecule has 0 aliphatic rings. The van der Waals surface area contributed by atoms with Gasteiger partial charge in [0.05, 0.1) is 11.4 Å². The third-order valence-corrected chi connectivity index (χ3v) is 4.89. The molecule has 3 nitrogen and oxygen atoms in total. The van der Waals surface area contributed by atoms with E-state index in [1.807, 2.05) is 32.0 Å². The number of anilines is 1. The van der Waals surface area contributed by atoms with Crippen molar-refractivity contribution in [3.05, 3.63) is 29.3 Å². The minimum atomic E-state index is -3.24. The number of unbranched alkanes of at least 4 members (excludes halogenated alkanes) is 1. The maximum absolute atomic E-state index is 12.1. The average molecular weight is 290 g/mol. The van der Waals surface area contributed by atoms with Crippen LogP contribution in [-0.4, -0.2) is 27.1 Å². The van der Waals surface area contributed by atoms with Crippen LogP contribution in [0.5, 0.6) is 0 Å². The average Bonchev–Trinajstić information content (AvgIpc) is 2.27. The Morgan fingerprint density at radius 1 is 1.11 bits per heavy atom. The zero-order chi connectivity index (χ0) is 13.8. The number of hydrogen-bond acceptors (Lipinski definition) is 2. The molecule has 5 heteroatoms. The van der Waals surface area contributed by atoms with Gasteiger partial charge in [0.2, 0.25) is 10.0 Å². The van der Waals surface area contributed by atoms with E-state index in [0.717, 1.165) is 23.2 Å². The summed E-state index contributed by atoms with van der Waals surface area (Å²) in [4.78, 5) is 0. The van der Waals surface area contributed by atoms with Crippen molar-refractivity contribution in [3.63, 3.8) is 0 Å². The standard InChI is InChI=1S/C13H20ClNO2S/c1-11-8-12(2)10-13(9-11)15(3)18(16,17)7-5-4-6-14/h8-10H,4-7H2,1-3H3. The first-order chi connectivity index (χ1) is 8.36. The third-order valence-electron chi connectivity index (χ3n) is 2.77. The lowest BCUT2D eigenvalue weighted by atomic mass is 10.1. The van der Waals surface area contributed by atoms with Gasteiger partial charge in [-0.2, -0.15) is 0 Å². The molecule has 0 spiro atoms. The van der Waals surface area contributed by atoms with Gasteiger partial charge in [-0.15, -0.1) is 11.6 Å². The number of aryl methyl sites for hydroxylation is 2. The summed E-state index contributed by atoms with van der Waals surface area (Å²) in [7, 11) is -1.64. The lowest BCUT2D eigenvalue weighted by Gasteiger charge is -2.20. The van der Waals surface area contributed by atoms with E-state index in [0.29, 0.717) is 12.3 Å². The normalized spacial score (nSPS) is 11.6. The van der Waals surface area contributed by atoms with E-state index in [9.17, 15) is 8.42 Å². The number of hydrogen-bond donors (Lipinski definition) is 0. The van der Waals surface area contributed by atoms with Crippen molar-refractivity contribution >= 4 is 27.3 Å². The van der Waals surface area contributed by atoms with Gasteiger partial charge in [0.15, 0.2) is 0 Å². The van der Waals surface area contributed by atoms with Gasteiger partial charge in [0, 0.05) is 12.9 Å². The molecule has 0 radical (unpaired) electrons. The second-order valence-electron chi connectivity index (χ2n) is 4.53. The molecule has 0 heterocycles. The van der Waals surface area contributed by atoms with Crippen molar-refractivity contribution in [2.75, 3.05) is 23.0 Å². The van der Waals surface area contributed by atoms with Gasteiger partial charge in [-0.25, -0.2) is 8.42 Å². The molecule has 0 aliphatic carbocycles. The van der Waals surface area contributed by atoms with Gasteiger partial charge in [0.1, 0.15) is 0 Å². The minimum absolute atomic E-state index is 0.142. The molecule has 0 fully saturated rings. The van der Waals surface area contributed by atoms with Crippen LogP contribution in [0.3, 0.4) is 0 Å². The number of alkyl halides is 1. The van der Waals surface area contributed by atoms with Crippen LogP contribution >= 0.6 is 11.6 Å². The quantitative estimate of drug-likeness (QED) is 0.596. The van der Waals surface area contributed by atoms with Crippen LogP contribution < -0.4 is 4.31 Å². The van der Waals surface area contributed by atoms with E-state index in [2.05, 4.69) is 0 Å². The fourth-order valence-corrected chi connectivity index (χ4v) is 3.27. The maximum Gasteiger partial charge on any atom is 0.234 e. The Balaban J connectivity index is 2.88. The molecule has 0 saturated carbocycles. The van der Waals surface area contributed by atoms with Crippen LogP contribution in [-0.2, 0) is 10.0 Å². The molecule has 0 aromatic heterocycles. The summed E-state index contributed by atoms with van der Waals surface area (Å²) in [5.41, 5.74) is 2.85. The predicted molar refractivity (Wildman–Crippen MR) is 78.1 cm³/mol. The first-order valence-corrected chi connectivity index (χ1v) is 8.12. The molecule has 1 aromatic rings. The van der Waals surface area contributed by atoms with Gasteiger partial charge in [-0.1, -0.05) is 6.07 Å². The molecule has 102 valence electrons. The van der Waals surface area contributed by atoms with E-state index in [1.165, 1.54) is 4.31 Å². The van der Waals surface area contributed by atoms with Crippen LogP contribution in [0, 0.1) is 13.8 Å². The Hall–Kier alpha value is -0.740. The molecule has 18 heavy (non-hydrogen) atoms. The largest absolute Gasteiger partial charge is 0.273 e. The molecule has 0 atom stereocenters. The molecule has 0 saturated heterocycles. The second kappa shape index (κ2) is 6.43. The van der Waals surface area contributed by atoms with Gasteiger partial charge in [0.25, 0.3) is 0 Å². The number of rotatable bonds is 6. The van der Waals surface area contributed by atoms with Gasteiger partial charge in [-0.05, 0) is 49.9 Å². The minimum Gasteiger partial charge on any atom is -0.273 e. The summed E-state index contributed by atoms with van der Waals surface area (Å²) >= 11 is 5.56. The maximum atomic E-state index is 12.1.